The second kappa shape index (κ2) is 6.62. The number of benzene rings is 2. The highest BCUT2D eigenvalue weighted by Crippen LogP contribution is 2.18. The van der Waals surface area contributed by atoms with Gasteiger partial charge in [0.25, 0.3) is 0 Å². The van der Waals surface area contributed by atoms with Crippen molar-refractivity contribution in [3.63, 3.8) is 0 Å². The third kappa shape index (κ3) is 3.12. The summed E-state index contributed by atoms with van der Waals surface area (Å²) in [4.78, 5) is 3.31. The third-order valence-electron chi connectivity index (χ3n) is 3.37. The zero-order valence-electron chi connectivity index (χ0n) is 12.5. The van der Waals surface area contributed by atoms with E-state index in [0.29, 0.717) is 0 Å². The van der Waals surface area contributed by atoms with Gasteiger partial charge in [-0.05, 0) is 46.5 Å². The summed E-state index contributed by atoms with van der Waals surface area (Å²) in [6.45, 7) is 0.752. The Labute approximate surface area is 134 Å². The smallest absolute Gasteiger partial charge is 0.250 e. The van der Waals surface area contributed by atoms with Crippen molar-refractivity contribution in [1.82, 2.24) is 20.2 Å². The summed E-state index contributed by atoms with van der Waals surface area (Å²) < 4.78 is 1.75. The summed E-state index contributed by atoms with van der Waals surface area (Å²) in [6, 6.07) is 18.4. The van der Waals surface area contributed by atoms with E-state index in [1.165, 1.54) is 10.5 Å². The Bertz CT molecular complexity index is 724. The quantitative estimate of drug-likeness (QED) is 0.678. The Morgan fingerprint density at radius 3 is 2.45 bits per heavy atom. The van der Waals surface area contributed by atoms with E-state index in [0.717, 1.165) is 18.2 Å². The molecule has 0 atom stereocenters. The van der Waals surface area contributed by atoms with Crippen LogP contribution in [0.4, 0.5) is 5.95 Å². The molecule has 6 heteroatoms. The van der Waals surface area contributed by atoms with Crippen LogP contribution in [-0.2, 0) is 6.54 Å². The second-order valence-electron chi connectivity index (χ2n) is 4.93. The van der Waals surface area contributed by atoms with Crippen LogP contribution in [0.25, 0.3) is 5.69 Å². The van der Waals surface area contributed by atoms with Gasteiger partial charge in [0.15, 0.2) is 0 Å². The fourth-order valence-corrected chi connectivity index (χ4v) is 2.64. The second-order valence-corrected chi connectivity index (χ2v) is 5.81. The molecule has 0 bridgehead atoms. The van der Waals surface area contributed by atoms with Crippen molar-refractivity contribution in [2.45, 2.75) is 11.4 Å². The fraction of sp³-hybridized carbons (Fsp3) is 0.188. The standard InChI is InChI=1S/C16H17N5S/c1-20(12-13-8-10-15(22-2)11-9-13)16-17-18-19-21(16)14-6-4-3-5-7-14/h3-11H,12H2,1-2H3. The number of thioether (sulfide) groups is 1. The minimum absolute atomic E-state index is 0.722. The van der Waals surface area contributed by atoms with Crippen LogP contribution in [0.15, 0.2) is 59.5 Å². The van der Waals surface area contributed by atoms with Gasteiger partial charge in [0.1, 0.15) is 0 Å². The van der Waals surface area contributed by atoms with E-state index in [2.05, 4.69) is 46.0 Å². The van der Waals surface area contributed by atoms with Gasteiger partial charge >= 0.3 is 0 Å². The van der Waals surface area contributed by atoms with Crippen LogP contribution in [-0.4, -0.2) is 33.5 Å². The number of aromatic nitrogens is 4. The molecule has 0 spiro atoms. The largest absolute Gasteiger partial charge is 0.338 e. The number of hydrogen-bond donors (Lipinski definition) is 0. The average Bonchev–Trinajstić information content (AvgIpc) is 3.06. The molecular weight excluding hydrogens is 294 g/mol. The molecule has 3 rings (SSSR count). The van der Waals surface area contributed by atoms with Gasteiger partial charge in [-0.1, -0.05) is 35.4 Å². The van der Waals surface area contributed by atoms with E-state index in [9.17, 15) is 0 Å². The van der Waals surface area contributed by atoms with Gasteiger partial charge in [0, 0.05) is 18.5 Å². The van der Waals surface area contributed by atoms with Crippen LogP contribution >= 0.6 is 11.8 Å². The van der Waals surface area contributed by atoms with Gasteiger partial charge in [-0.15, -0.1) is 11.8 Å². The molecule has 0 saturated carbocycles. The topological polar surface area (TPSA) is 46.8 Å². The van der Waals surface area contributed by atoms with E-state index in [1.54, 1.807) is 16.4 Å². The maximum atomic E-state index is 4.15. The first kappa shape index (κ1) is 14.6. The zero-order chi connectivity index (χ0) is 15.4. The molecule has 0 amide bonds. The fourth-order valence-electron chi connectivity index (χ4n) is 2.23. The molecule has 5 nitrogen and oxygen atoms in total. The lowest BCUT2D eigenvalue weighted by molar-refractivity contribution is 0.771. The summed E-state index contributed by atoms with van der Waals surface area (Å²) in [5, 5.41) is 12.0. The third-order valence-corrected chi connectivity index (χ3v) is 4.12. The monoisotopic (exact) mass is 311 g/mol. The normalized spacial score (nSPS) is 10.6. The minimum Gasteiger partial charge on any atom is -0.338 e. The number of rotatable bonds is 5. The number of anilines is 1. The maximum Gasteiger partial charge on any atom is 0.250 e. The molecule has 0 fully saturated rings. The molecule has 0 radical (unpaired) electrons. The van der Waals surface area contributed by atoms with Crippen molar-refractivity contribution < 1.29 is 0 Å². The minimum atomic E-state index is 0.722. The average molecular weight is 311 g/mol. The van der Waals surface area contributed by atoms with Gasteiger partial charge in [-0.25, -0.2) is 0 Å². The Balaban J connectivity index is 1.81. The number of tetrazole rings is 1. The molecule has 0 aliphatic carbocycles. The molecular formula is C16H17N5S. The van der Waals surface area contributed by atoms with Crippen LogP contribution in [0.5, 0.6) is 0 Å². The lowest BCUT2D eigenvalue weighted by Gasteiger charge is -2.18. The van der Waals surface area contributed by atoms with Gasteiger partial charge in [0.2, 0.25) is 5.95 Å². The molecule has 0 aliphatic rings. The molecule has 0 saturated heterocycles. The summed E-state index contributed by atoms with van der Waals surface area (Å²) in [5.41, 5.74) is 2.18. The van der Waals surface area contributed by atoms with E-state index < -0.39 is 0 Å². The Kier molecular flexibility index (Phi) is 4.39. The van der Waals surface area contributed by atoms with Crippen molar-refractivity contribution in [1.29, 1.82) is 0 Å². The van der Waals surface area contributed by atoms with Crippen molar-refractivity contribution in [2.75, 3.05) is 18.2 Å². The van der Waals surface area contributed by atoms with Crippen molar-refractivity contribution in [3.8, 4) is 5.69 Å². The van der Waals surface area contributed by atoms with E-state index >= 15 is 0 Å². The number of nitrogens with zero attached hydrogens (tertiary/aromatic N) is 5. The summed E-state index contributed by atoms with van der Waals surface area (Å²) >= 11 is 1.74. The molecule has 1 aromatic heterocycles. The molecule has 0 unspecified atom stereocenters. The summed E-state index contributed by atoms with van der Waals surface area (Å²) in [7, 11) is 1.99. The van der Waals surface area contributed by atoms with E-state index in [1.807, 2.05) is 42.3 Å². The SMILES string of the molecule is CSc1ccc(CN(C)c2nnnn2-c2ccccc2)cc1. The lowest BCUT2D eigenvalue weighted by atomic mass is 10.2. The molecule has 112 valence electrons. The molecule has 3 aromatic rings. The van der Waals surface area contributed by atoms with Crippen LogP contribution in [0.2, 0.25) is 0 Å². The highest BCUT2D eigenvalue weighted by atomic mass is 32.2. The lowest BCUT2D eigenvalue weighted by Crippen LogP contribution is -2.20. The Hall–Kier alpha value is -2.34. The van der Waals surface area contributed by atoms with Crippen molar-refractivity contribution in [2.24, 2.45) is 0 Å². The van der Waals surface area contributed by atoms with Crippen LogP contribution in [0.1, 0.15) is 5.56 Å². The first-order chi connectivity index (χ1) is 10.8. The zero-order valence-corrected chi connectivity index (χ0v) is 13.4. The van der Waals surface area contributed by atoms with Crippen LogP contribution in [0.3, 0.4) is 0 Å². The predicted octanol–water partition coefficient (Wildman–Crippen LogP) is 3.02. The van der Waals surface area contributed by atoms with Gasteiger partial charge in [-0.3, -0.25) is 0 Å². The molecule has 22 heavy (non-hydrogen) atoms. The summed E-state index contributed by atoms with van der Waals surface area (Å²) in [6.07, 6.45) is 2.08. The Morgan fingerprint density at radius 1 is 1.05 bits per heavy atom. The number of para-hydroxylation sites is 1. The van der Waals surface area contributed by atoms with Gasteiger partial charge in [0.05, 0.1) is 5.69 Å². The Morgan fingerprint density at radius 2 is 1.77 bits per heavy atom. The maximum absolute atomic E-state index is 4.15. The predicted molar refractivity (Wildman–Crippen MR) is 89.5 cm³/mol. The molecule has 0 N–H and O–H groups in total. The first-order valence-electron chi connectivity index (χ1n) is 6.96. The summed E-state index contributed by atoms with van der Waals surface area (Å²) in [5.74, 6) is 0.722. The van der Waals surface area contributed by atoms with E-state index in [4.69, 9.17) is 0 Å². The van der Waals surface area contributed by atoms with Crippen molar-refractivity contribution in [3.05, 3.63) is 60.2 Å². The van der Waals surface area contributed by atoms with E-state index in [-0.39, 0.29) is 0 Å². The van der Waals surface area contributed by atoms with Gasteiger partial charge < -0.3 is 4.90 Å². The van der Waals surface area contributed by atoms with Gasteiger partial charge in [-0.2, -0.15) is 4.68 Å². The molecule has 1 heterocycles. The molecule has 0 aliphatic heterocycles. The molecule has 2 aromatic carbocycles. The highest BCUT2D eigenvalue weighted by molar-refractivity contribution is 7.98. The first-order valence-corrected chi connectivity index (χ1v) is 8.18. The van der Waals surface area contributed by atoms with Crippen molar-refractivity contribution >= 4 is 17.7 Å². The highest BCUT2D eigenvalue weighted by Gasteiger charge is 2.13. The number of hydrogen-bond acceptors (Lipinski definition) is 5. The van der Waals surface area contributed by atoms with Crippen LogP contribution < -0.4 is 4.90 Å². The van der Waals surface area contributed by atoms with Crippen LogP contribution in [0, 0.1) is 0 Å².